The van der Waals surface area contributed by atoms with Gasteiger partial charge in [-0.25, -0.2) is 4.98 Å². The van der Waals surface area contributed by atoms with E-state index < -0.39 is 0 Å². The maximum atomic E-state index is 4.81. The summed E-state index contributed by atoms with van der Waals surface area (Å²) < 4.78 is 0. The first kappa shape index (κ1) is 15.9. The summed E-state index contributed by atoms with van der Waals surface area (Å²) in [6.07, 6.45) is 13.0. The van der Waals surface area contributed by atoms with E-state index in [9.17, 15) is 0 Å². The van der Waals surface area contributed by atoms with Gasteiger partial charge in [-0.3, -0.25) is 9.97 Å². The van der Waals surface area contributed by atoms with Crippen LogP contribution in [0.2, 0.25) is 0 Å². The summed E-state index contributed by atoms with van der Waals surface area (Å²) in [5.74, 6) is 0.336. The minimum Gasteiger partial charge on any atom is -0.346 e. The van der Waals surface area contributed by atoms with Crippen LogP contribution >= 0.6 is 0 Å². The molecule has 0 aliphatic heterocycles. The highest BCUT2D eigenvalue weighted by Gasteiger charge is 2.15. The second kappa shape index (κ2) is 6.16. The molecule has 0 spiro atoms. The van der Waals surface area contributed by atoms with Gasteiger partial charge in [0, 0.05) is 58.8 Å². The smallest absolute Gasteiger partial charge is 0.137 e. The third kappa shape index (κ3) is 2.74. The van der Waals surface area contributed by atoms with Crippen molar-refractivity contribution in [3.05, 3.63) is 72.1 Å². The lowest BCUT2D eigenvalue weighted by Gasteiger charge is -2.14. The predicted molar refractivity (Wildman–Crippen MR) is 109 cm³/mol. The molecule has 4 aromatic rings. The van der Waals surface area contributed by atoms with Gasteiger partial charge in [-0.1, -0.05) is 26.0 Å². The Kier molecular flexibility index (Phi) is 3.64. The molecule has 5 rings (SSSR count). The molecule has 4 aromatic heterocycles. The first-order valence-corrected chi connectivity index (χ1v) is 9.28. The molecule has 4 nitrogen and oxygen atoms in total. The van der Waals surface area contributed by atoms with Crippen LogP contribution in [0.1, 0.15) is 36.7 Å². The average Bonchev–Trinajstić information content (AvgIpc) is 3.35. The minimum atomic E-state index is 0.336. The Labute approximate surface area is 158 Å². The van der Waals surface area contributed by atoms with E-state index in [0.717, 1.165) is 51.1 Å². The van der Waals surface area contributed by atoms with Gasteiger partial charge in [0.2, 0.25) is 0 Å². The van der Waals surface area contributed by atoms with E-state index in [2.05, 4.69) is 59.2 Å². The van der Waals surface area contributed by atoms with E-state index in [1.165, 1.54) is 5.56 Å². The van der Waals surface area contributed by atoms with Crippen molar-refractivity contribution in [1.82, 2.24) is 19.9 Å². The van der Waals surface area contributed by atoms with Crippen LogP contribution in [0.4, 0.5) is 0 Å². The van der Waals surface area contributed by atoms with Crippen molar-refractivity contribution in [2.45, 2.75) is 26.2 Å². The minimum absolute atomic E-state index is 0.336. The number of fused-ring (bicyclic) bond motifs is 2. The second-order valence-electron chi connectivity index (χ2n) is 7.32. The van der Waals surface area contributed by atoms with Crippen LogP contribution in [0.25, 0.3) is 39.4 Å². The van der Waals surface area contributed by atoms with Gasteiger partial charge >= 0.3 is 0 Å². The summed E-state index contributed by atoms with van der Waals surface area (Å²) in [6.45, 7) is 4.36. The first-order valence-electron chi connectivity index (χ1n) is 9.28. The fraction of sp³-hybridized carbons (Fsp3) is 0.174. The van der Waals surface area contributed by atoms with E-state index in [1.807, 2.05) is 30.9 Å². The van der Waals surface area contributed by atoms with Crippen LogP contribution in [-0.2, 0) is 6.42 Å². The van der Waals surface area contributed by atoms with E-state index in [-0.39, 0.29) is 0 Å². The molecular formula is C23H20N4. The number of nitrogens with one attached hydrogen (secondary N) is 1. The normalized spacial score (nSPS) is 12.9. The molecule has 27 heavy (non-hydrogen) atoms. The van der Waals surface area contributed by atoms with E-state index in [0.29, 0.717) is 5.92 Å². The summed E-state index contributed by atoms with van der Waals surface area (Å²) >= 11 is 0. The Morgan fingerprint density at radius 2 is 1.74 bits per heavy atom. The molecule has 0 radical (unpaired) electrons. The summed E-state index contributed by atoms with van der Waals surface area (Å²) in [5.41, 5.74) is 8.76. The lowest BCUT2D eigenvalue weighted by Crippen LogP contribution is -1.99. The van der Waals surface area contributed by atoms with Crippen LogP contribution in [0.3, 0.4) is 0 Å². The molecule has 1 N–H and O–H groups in total. The monoisotopic (exact) mass is 352 g/mol. The van der Waals surface area contributed by atoms with E-state index in [4.69, 9.17) is 4.98 Å². The highest BCUT2D eigenvalue weighted by molar-refractivity contribution is 5.83. The number of H-pyrrole nitrogens is 1. The third-order valence-electron chi connectivity index (χ3n) is 5.12. The lowest BCUT2D eigenvalue weighted by atomic mass is 9.95. The van der Waals surface area contributed by atoms with Gasteiger partial charge in [-0.2, -0.15) is 0 Å². The zero-order valence-corrected chi connectivity index (χ0v) is 15.4. The van der Waals surface area contributed by atoms with Gasteiger partial charge in [-0.05, 0) is 35.7 Å². The quantitative estimate of drug-likeness (QED) is 0.538. The molecule has 4 heteroatoms. The van der Waals surface area contributed by atoms with Crippen molar-refractivity contribution < 1.29 is 0 Å². The molecule has 1 aliphatic carbocycles. The molecule has 4 heterocycles. The van der Waals surface area contributed by atoms with Gasteiger partial charge in [0.1, 0.15) is 5.65 Å². The van der Waals surface area contributed by atoms with Crippen LogP contribution in [0, 0.1) is 0 Å². The topological polar surface area (TPSA) is 54.5 Å². The molecule has 132 valence electrons. The van der Waals surface area contributed by atoms with Gasteiger partial charge in [0.15, 0.2) is 0 Å². The molecule has 0 amide bonds. The Morgan fingerprint density at radius 3 is 2.63 bits per heavy atom. The van der Waals surface area contributed by atoms with Gasteiger partial charge < -0.3 is 4.98 Å². The number of allylic oxidation sites excluding steroid dienone is 1. The number of hydrogen-bond acceptors (Lipinski definition) is 3. The fourth-order valence-electron chi connectivity index (χ4n) is 3.69. The highest BCUT2D eigenvalue weighted by Crippen LogP contribution is 2.33. The zero-order valence-electron chi connectivity index (χ0n) is 15.4. The average molecular weight is 352 g/mol. The number of aromatic amines is 1. The van der Waals surface area contributed by atoms with Gasteiger partial charge in [-0.15, -0.1) is 0 Å². The number of nitrogens with zero attached hydrogens (tertiary/aromatic N) is 3. The Bertz CT molecular complexity index is 1180. The molecule has 0 fully saturated rings. The van der Waals surface area contributed by atoms with E-state index in [1.54, 1.807) is 0 Å². The highest BCUT2D eigenvalue weighted by atomic mass is 14.8. The van der Waals surface area contributed by atoms with Crippen molar-refractivity contribution >= 4 is 17.1 Å². The second-order valence-corrected chi connectivity index (χ2v) is 7.32. The van der Waals surface area contributed by atoms with Crippen molar-refractivity contribution in [3.63, 3.8) is 0 Å². The van der Waals surface area contributed by atoms with Gasteiger partial charge in [0.25, 0.3) is 0 Å². The lowest BCUT2D eigenvalue weighted by molar-refractivity contribution is 0.826. The third-order valence-corrected chi connectivity index (χ3v) is 5.12. The Balaban J connectivity index is 1.66. The predicted octanol–water partition coefficient (Wildman–Crippen LogP) is 5.38. The summed E-state index contributed by atoms with van der Waals surface area (Å²) in [5, 5.41) is 1.10. The molecule has 0 atom stereocenters. The number of rotatable bonds is 3. The molecule has 0 bridgehead atoms. The Hall–Kier alpha value is -3.27. The van der Waals surface area contributed by atoms with Crippen molar-refractivity contribution in [3.8, 4) is 22.3 Å². The largest absolute Gasteiger partial charge is 0.346 e. The van der Waals surface area contributed by atoms with Crippen molar-refractivity contribution in [1.29, 1.82) is 0 Å². The first-order chi connectivity index (χ1) is 13.2. The molecule has 0 aromatic carbocycles. The van der Waals surface area contributed by atoms with Crippen LogP contribution in [0.15, 0.2) is 55.1 Å². The molecular weight excluding hydrogens is 332 g/mol. The Morgan fingerprint density at radius 1 is 0.926 bits per heavy atom. The summed E-state index contributed by atoms with van der Waals surface area (Å²) in [4.78, 5) is 17.1. The summed E-state index contributed by atoms with van der Waals surface area (Å²) in [7, 11) is 0. The van der Waals surface area contributed by atoms with Crippen molar-refractivity contribution in [2.75, 3.05) is 0 Å². The molecule has 0 saturated heterocycles. The number of aromatic nitrogens is 4. The fourth-order valence-corrected chi connectivity index (χ4v) is 3.69. The van der Waals surface area contributed by atoms with Crippen molar-refractivity contribution in [2.24, 2.45) is 0 Å². The van der Waals surface area contributed by atoms with Crippen LogP contribution < -0.4 is 0 Å². The zero-order chi connectivity index (χ0) is 18.4. The maximum Gasteiger partial charge on any atom is 0.137 e. The molecule has 0 saturated carbocycles. The van der Waals surface area contributed by atoms with E-state index >= 15 is 0 Å². The summed E-state index contributed by atoms with van der Waals surface area (Å²) in [6, 6.07) is 8.64. The van der Waals surface area contributed by atoms with Crippen LogP contribution in [-0.4, -0.2) is 19.9 Å². The van der Waals surface area contributed by atoms with Gasteiger partial charge in [0.05, 0.1) is 11.4 Å². The number of hydrogen-bond donors (Lipinski definition) is 1. The SMILES string of the molecule is CC(C)c1ncc(-c2cnc3[nH]ccc3c2)cc1-c1cnc2c(c1)C=CC2. The standard InChI is InChI=1S/C23H20N4/c1-14(2)22-20(19-8-15-4-3-5-21(15)25-13-19)10-18(11-26-22)17-9-16-6-7-24-23(16)27-12-17/h3-4,6-14H,5H2,1-2H3,(H,24,27). The number of pyridine rings is 3. The maximum absolute atomic E-state index is 4.81. The molecule has 0 unspecified atom stereocenters. The van der Waals surface area contributed by atoms with Crippen LogP contribution in [0.5, 0.6) is 0 Å². The molecule has 1 aliphatic rings.